The van der Waals surface area contributed by atoms with Gasteiger partial charge in [0.05, 0.1) is 10.9 Å². The Morgan fingerprint density at radius 3 is 2.41 bits per heavy atom. The van der Waals surface area contributed by atoms with Crippen molar-refractivity contribution in [2.24, 2.45) is 0 Å². The van der Waals surface area contributed by atoms with Crippen molar-refractivity contribution in [3.05, 3.63) is 63.6 Å². The third-order valence-electron chi connectivity index (χ3n) is 4.13. The second kappa shape index (κ2) is 8.46. The van der Waals surface area contributed by atoms with Crippen LogP contribution in [-0.2, 0) is 20.8 Å². The number of aliphatic carboxylic acids is 1. The van der Waals surface area contributed by atoms with Crippen LogP contribution in [0.25, 0.3) is 0 Å². The second-order valence-corrected chi connectivity index (χ2v) is 8.79. The molecule has 1 N–H and O–H groups in total. The predicted octanol–water partition coefficient (Wildman–Crippen LogP) is 4.16. The third kappa shape index (κ3) is 4.72. The topological polar surface area (TPSA) is 74.7 Å². The van der Waals surface area contributed by atoms with Crippen LogP contribution in [0.2, 0.25) is 5.02 Å². The summed E-state index contributed by atoms with van der Waals surface area (Å²) in [6, 6.07) is 13.8. The van der Waals surface area contributed by atoms with Crippen molar-refractivity contribution in [2.75, 3.05) is 4.90 Å². The number of carboxylic acids is 1. The Morgan fingerprint density at radius 2 is 1.81 bits per heavy atom. The summed E-state index contributed by atoms with van der Waals surface area (Å²) >= 11 is 10.2. The zero-order valence-corrected chi connectivity index (χ0v) is 17.1. The molecule has 2 unspecified atom stereocenters. The maximum absolute atomic E-state index is 12.7. The minimum atomic E-state index is -1.01. The van der Waals surface area contributed by atoms with Gasteiger partial charge >= 0.3 is 5.97 Å². The Kier molecular flexibility index (Phi) is 6.24. The molecule has 1 saturated heterocycles. The van der Waals surface area contributed by atoms with Gasteiger partial charge in [0.1, 0.15) is 5.25 Å². The summed E-state index contributed by atoms with van der Waals surface area (Å²) in [4.78, 5) is 37.8. The Hall–Kier alpha value is -1.83. The van der Waals surface area contributed by atoms with Crippen molar-refractivity contribution >= 4 is 62.8 Å². The summed E-state index contributed by atoms with van der Waals surface area (Å²) in [5.74, 6) is -1.74. The van der Waals surface area contributed by atoms with Crippen molar-refractivity contribution in [3.8, 4) is 0 Å². The van der Waals surface area contributed by atoms with Crippen LogP contribution >= 0.6 is 39.3 Å². The molecule has 0 aliphatic carbocycles. The Labute approximate surface area is 173 Å². The number of amides is 2. The SMILES string of the molecule is O=C(O)C(Cc1ccc(Br)cc1)SC1CC(=O)N(c2ccc(Cl)cc2)C1=O. The molecule has 0 aromatic heterocycles. The van der Waals surface area contributed by atoms with E-state index < -0.39 is 22.4 Å². The van der Waals surface area contributed by atoms with Crippen LogP contribution in [-0.4, -0.2) is 33.4 Å². The maximum atomic E-state index is 12.7. The van der Waals surface area contributed by atoms with Gasteiger partial charge in [0.15, 0.2) is 0 Å². The number of rotatable bonds is 6. The third-order valence-corrected chi connectivity index (χ3v) is 6.30. The summed E-state index contributed by atoms with van der Waals surface area (Å²) in [5, 5.41) is 8.53. The van der Waals surface area contributed by atoms with Crippen LogP contribution in [0.15, 0.2) is 53.0 Å². The standard InChI is InChI=1S/C19H15BrClNO4S/c20-12-3-1-11(2-4-12)9-16(19(25)26)27-15-10-17(23)22(18(15)24)14-7-5-13(21)6-8-14/h1-8,15-16H,9-10H2,(H,25,26). The fourth-order valence-corrected chi connectivity index (χ4v) is 4.45. The largest absolute Gasteiger partial charge is 0.480 e. The number of hydrogen-bond acceptors (Lipinski definition) is 4. The Bertz CT molecular complexity index is 872. The summed E-state index contributed by atoms with van der Waals surface area (Å²) in [6.07, 6.45) is 0.252. The molecule has 2 aromatic rings. The molecule has 0 saturated carbocycles. The number of hydrogen-bond donors (Lipinski definition) is 1. The summed E-state index contributed by atoms with van der Waals surface area (Å²) in [6.45, 7) is 0. The molecule has 27 heavy (non-hydrogen) atoms. The first-order valence-corrected chi connectivity index (χ1v) is 10.2. The van der Waals surface area contributed by atoms with Crippen LogP contribution in [0, 0.1) is 0 Å². The smallest absolute Gasteiger partial charge is 0.316 e. The van der Waals surface area contributed by atoms with E-state index in [2.05, 4.69) is 15.9 Å². The van der Waals surface area contributed by atoms with E-state index in [9.17, 15) is 19.5 Å². The lowest BCUT2D eigenvalue weighted by atomic mass is 10.1. The highest BCUT2D eigenvalue weighted by Crippen LogP contribution is 2.33. The van der Waals surface area contributed by atoms with E-state index in [0.717, 1.165) is 26.7 Å². The molecule has 1 fully saturated rings. The lowest BCUT2D eigenvalue weighted by Crippen LogP contribution is -2.32. The van der Waals surface area contributed by atoms with Gasteiger partial charge in [-0.3, -0.25) is 14.4 Å². The fourth-order valence-electron chi connectivity index (χ4n) is 2.80. The van der Waals surface area contributed by atoms with Gasteiger partial charge in [-0.05, 0) is 48.4 Å². The minimum Gasteiger partial charge on any atom is -0.480 e. The Balaban J connectivity index is 1.74. The lowest BCUT2D eigenvalue weighted by molar-refractivity contribution is -0.136. The van der Waals surface area contributed by atoms with E-state index in [4.69, 9.17) is 11.6 Å². The van der Waals surface area contributed by atoms with E-state index in [1.54, 1.807) is 24.3 Å². The van der Waals surface area contributed by atoms with Crippen LogP contribution in [0.4, 0.5) is 5.69 Å². The average molecular weight is 469 g/mol. The molecule has 2 aromatic carbocycles. The number of benzene rings is 2. The average Bonchev–Trinajstić information content (AvgIpc) is 2.90. The molecular weight excluding hydrogens is 454 g/mol. The number of nitrogens with zero attached hydrogens (tertiary/aromatic N) is 1. The molecular formula is C19H15BrClNO4S. The first-order valence-electron chi connectivity index (χ1n) is 8.10. The van der Waals surface area contributed by atoms with Crippen molar-refractivity contribution in [3.63, 3.8) is 0 Å². The number of carbonyl (C=O) groups excluding carboxylic acids is 2. The van der Waals surface area contributed by atoms with E-state index in [0.29, 0.717) is 10.7 Å². The number of thioether (sulfide) groups is 1. The Morgan fingerprint density at radius 1 is 1.19 bits per heavy atom. The molecule has 140 valence electrons. The normalized spacial score (nSPS) is 18.0. The first kappa shape index (κ1) is 19.9. The molecule has 8 heteroatoms. The lowest BCUT2D eigenvalue weighted by Gasteiger charge is -2.17. The monoisotopic (exact) mass is 467 g/mol. The van der Waals surface area contributed by atoms with Crippen molar-refractivity contribution in [1.82, 2.24) is 0 Å². The van der Waals surface area contributed by atoms with Gasteiger partial charge < -0.3 is 5.11 Å². The van der Waals surface area contributed by atoms with Crippen molar-refractivity contribution in [2.45, 2.75) is 23.3 Å². The summed E-state index contributed by atoms with van der Waals surface area (Å²) < 4.78 is 0.904. The molecule has 2 amide bonds. The van der Waals surface area contributed by atoms with Crippen molar-refractivity contribution < 1.29 is 19.5 Å². The second-order valence-electron chi connectivity index (χ2n) is 6.03. The van der Waals surface area contributed by atoms with Crippen LogP contribution < -0.4 is 4.90 Å². The van der Waals surface area contributed by atoms with Crippen LogP contribution in [0.3, 0.4) is 0 Å². The fraction of sp³-hybridized carbons (Fsp3) is 0.211. The summed E-state index contributed by atoms with van der Waals surface area (Å²) in [7, 11) is 0. The predicted molar refractivity (Wildman–Crippen MR) is 109 cm³/mol. The van der Waals surface area contributed by atoms with Gasteiger partial charge in [-0.25, -0.2) is 4.90 Å². The summed E-state index contributed by atoms with van der Waals surface area (Å²) in [5.41, 5.74) is 1.29. The number of halogens is 2. The van der Waals surface area contributed by atoms with E-state index in [1.165, 1.54) is 0 Å². The zero-order valence-electron chi connectivity index (χ0n) is 14.0. The van der Waals surface area contributed by atoms with E-state index in [-0.39, 0.29) is 18.7 Å². The highest BCUT2D eigenvalue weighted by molar-refractivity contribution is 9.10. The number of imide groups is 1. The molecule has 0 bridgehead atoms. The van der Waals surface area contributed by atoms with Gasteiger partial charge in [0, 0.05) is 15.9 Å². The van der Waals surface area contributed by atoms with Crippen molar-refractivity contribution in [1.29, 1.82) is 0 Å². The highest BCUT2D eigenvalue weighted by atomic mass is 79.9. The quantitative estimate of drug-likeness (QED) is 0.644. The molecule has 1 aliphatic rings. The van der Waals surface area contributed by atoms with Gasteiger partial charge in [-0.15, -0.1) is 11.8 Å². The number of carboxylic acid groups (broad SMARTS) is 1. The van der Waals surface area contributed by atoms with Gasteiger partial charge in [0.2, 0.25) is 11.8 Å². The van der Waals surface area contributed by atoms with Crippen LogP contribution in [0.1, 0.15) is 12.0 Å². The van der Waals surface area contributed by atoms with E-state index >= 15 is 0 Å². The maximum Gasteiger partial charge on any atom is 0.316 e. The molecule has 1 heterocycles. The van der Waals surface area contributed by atoms with Gasteiger partial charge in [-0.2, -0.15) is 0 Å². The molecule has 5 nitrogen and oxygen atoms in total. The number of carbonyl (C=O) groups is 3. The molecule has 0 spiro atoms. The minimum absolute atomic E-state index is 0.0176. The molecule has 0 radical (unpaired) electrons. The van der Waals surface area contributed by atoms with E-state index in [1.807, 2.05) is 24.3 Å². The molecule has 2 atom stereocenters. The van der Waals surface area contributed by atoms with Gasteiger partial charge in [0.25, 0.3) is 0 Å². The first-order chi connectivity index (χ1) is 12.8. The molecule has 3 rings (SSSR count). The van der Waals surface area contributed by atoms with Crippen LogP contribution in [0.5, 0.6) is 0 Å². The number of anilines is 1. The molecule has 1 aliphatic heterocycles. The van der Waals surface area contributed by atoms with Gasteiger partial charge in [-0.1, -0.05) is 39.7 Å². The highest BCUT2D eigenvalue weighted by Gasteiger charge is 2.42. The zero-order chi connectivity index (χ0) is 19.6.